The van der Waals surface area contributed by atoms with Crippen molar-refractivity contribution in [2.45, 2.75) is 82.3 Å². The second kappa shape index (κ2) is 9.81. The zero-order valence-electron chi connectivity index (χ0n) is 22.3. The number of para-hydroxylation sites is 1. The monoisotopic (exact) mass is 502 g/mol. The van der Waals surface area contributed by atoms with E-state index in [0.29, 0.717) is 32.7 Å². The Morgan fingerprint density at radius 2 is 1.83 bits per heavy atom. The van der Waals surface area contributed by atoms with Gasteiger partial charge < -0.3 is 28.5 Å². The van der Waals surface area contributed by atoms with Crippen LogP contribution in [0.25, 0.3) is 0 Å². The first-order valence-electron chi connectivity index (χ1n) is 12.9. The van der Waals surface area contributed by atoms with E-state index in [4.69, 9.17) is 23.4 Å². The van der Waals surface area contributed by atoms with Crippen molar-refractivity contribution < 1.29 is 28.5 Å². The average Bonchev–Trinajstić information content (AvgIpc) is 3.34. The Hall–Kier alpha value is -1.40. The van der Waals surface area contributed by atoms with Crippen LogP contribution in [0.2, 0.25) is 18.1 Å². The Morgan fingerprint density at radius 1 is 1.17 bits per heavy atom. The van der Waals surface area contributed by atoms with Crippen LogP contribution in [-0.4, -0.2) is 64.0 Å². The van der Waals surface area contributed by atoms with E-state index in [9.17, 15) is 5.11 Å². The van der Waals surface area contributed by atoms with Crippen molar-refractivity contribution in [1.29, 1.82) is 0 Å². The number of benzene rings is 1. The Kier molecular flexibility index (Phi) is 7.47. The summed E-state index contributed by atoms with van der Waals surface area (Å²) in [5, 5.41) is 11.1. The summed E-state index contributed by atoms with van der Waals surface area (Å²) in [6.45, 7) is 14.7. The Bertz CT molecular complexity index is 926. The normalized spacial score (nSPS) is 32.8. The van der Waals surface area contributed by atoms with Gasteiger partial charge in [0.15, 0.2) is 8.32 Å². The van der Waals surface area contributed by atoms with Gasteiger partial charge in [0.1, 0.15) is 24.1 Å². The lowest BCUT2D eigenvalue weighted by Gasteiger charge is -2.67. The van der Waals surface area contributed by atoms with Crippen LogP contribution in [0.15, 0.2) is 30.3 Å². The molecule has 1 N–H and O–H groups in total. The molecule has 0 bridgehead atoms. The molecule has 1 aliphatic heterocycles. The summed E-state index contributed by atoms with van der Waals surface area (Å²) in [4.78, 5) is 0. The van der Waals surface area contributed by atoms with E-state index in [0.717, 1.165) is 5.75 Å². The number of rotatable bonds is 6. The minimum atomic E-state index is -2.10. The van der Waals surface area contributed by atoms with E-state index in [1.807, 2.05) is 30.3 Å². The molecule has 0 radical (unpaired) electrons. The van der Waals surface area contributed by atoms with Crippen LogP contribution in [0, 0.1) is 29.6 Å². The lowest BCUT2D eigenvalue weighted by Crippen LogP contribution is -2.79. The quantitative estimate of drug-likeness (QED) is 0.452. The van der Waals surface area contributed by atoms with Crippen LogP contribution in [0.5, 0.6) is 5.75 Å². The topological polar surface area (TPSA) is 66.4 Å². The first-order chi connectivity index (χ1) is 16.5. The van der Waals surface area contributed by atoms with Gasteiger partial charge in [0.05, 0.1) is 25.2 Å². The summed E-state index contributed by atoms with van der Waals surface area (Å²) in [5.41, 5.74) is -0.585. The predicted octanol–water partition coefficient (Wildman–Crippen LogP) is 4.62. The highest BCUT2D eigenvalue weighted by Gasteiger charge is 2.77. The molecule has 6 nitrogen and oxygen atoms in total. The van der Waals surface area contributed by atoms with Crippen LogP contribution >= 0.6 is 0 Å². The SMILES string of the molecule is CO[C@@]12CC[C@H](O)[C@@H](C#C[C@@H](COc3ccccc3)O[Si](C)(C)C(C)(C)C)[C@@H]1C(C)C21OCCO1. The fourth-order valence-electron chi connectivity index (χ4n) is 5.90. The summed E-state index contributed by atoms with van der Waals surface area (Å²) < 4.78 is 31.1. The average molecular weight is 503 g/mol. The summed E-state index contributed by atoms with van der Waals surface area (Å²) in [7, 11) is -0.371. The predicted molar refractivity (Wildman–Crippen MR) is 138 cm³/mol. The van der Waals surface area contributed by atoms with Gasteiger partial charge in [-0.2, -0.15) is 0 Å². The molecule has 2 aliphatic carbocycles. The fourth-order valence-corrected chi connectivity index (χ4v) is 7.09. The van der Waals surface area contributed by atoms with Crippen LogP contribution in [0.4, 0.5) is 0 Å². The molecule has 2 saturated carbocycles. The Morgan fingerprint density at radius 3 is 2.43 bits per heavy atom. The Labute approximate surface area is 211 Å². The third-order valence-electron chi connectivity index (χ3n) is 8.76. The molecule has 3 fully saturated rings. The van der Waals surface area contributed by atoms with Gasteiger partial charge in [-0.05, 0) is 43.1 Å². The lowest BCUT2D eigenvalue weighted by molar-refractivity contribution is -0.412. The zero-order chi connectivity index (χ0) is 25.5. The fraction of sp³-hybridized carbons (Fsp3) is 0.714. The van der Waals surface area contributed by atoms with Crippen molar-refractivity contribution in [3.63, 3.8) is 0 Å². The number of fused-ring (bicyclic) bond motifs is 2. The molecule has 1 spiro atoms. The molecule has 1 unspecified atom stereocenters. The zero-order valence-corrected chi connectivity index (χ0v) is 23.3. The number of hydrogen-bond acceptors (Lipinski definition) is 6. The van der Waals surface area contributed by atoms with E-state index in [1.165, 1.54) is 0 Å². The molecule has 1 aromatic rings. The molecule has 1 saturated heterocycles. The first-order valence-corrected chi connectivity index (χ1v) is 15.8. The molecule has 194 valence electrons. The van der Waals surface area contributed by atoms with Gasteiger partial charge >= 0.3 is 0 Å². The summed E-state index contributed by atoms with van der Waals surface area (Å²) >= 11 is 0. The Balaban J connectivity index is 1.59. The molecule has 3 aliphatic rings. The number of methoxy groups -OCH3 is 1. The van der Waals surface area contributed by atoms with Gasteiger partial charge in [0, 0.05) is 18.9 Å². The smallest absolute Gasteiger partial charge is 0.201 e. The van der Waals surface area contributed by atoms with Crippen LogP contribution < -0.4 is 4.74 Å². The molecule has 7 heteroatoms. The summed E-state index contributed by atoms with van der Waals surface area (Å²) in [5.74, 6) is 6.71. The molecule has 1 heterocycles. The van der Waals surface area contributed by atoms with Gasteiger partial charge in [-0.1, -0.05) is 57.7 Å². The van der Waals surface area contributed by atoms with E-state index >= 15 is 0 Å². The van der Waals surface area contributed by atoms with E-state index in [-0.39, 0.29) is 22.8 Å². The largest absolute Gasteiger partial charge is 0.490 e. The van der Waals surface area contributed by atoms with Gasteiger partial charge in [0.25, 0.3) is 0 Å². The van der Waals surface area contributed by atoms with Crippen molar-refractivity contribution in [1.82, 2.24) is 0 Å². The van der Waals surface area contributed by atoms with E-state index in [2.05, 4.69) is 52.6 Å². The molecule has 0 amide bonds. The second-order valence-electron chi connectivity index (χ2n) is 11.7. The minimum absolute atomic E-state index is 0.0189. The van der Waals surface area contributed by atoms with Gasteiger partial charge in [-0.15, -0.1) is 0 Å². The maximum Gasteiger partial charge on any atom is 0.201 e. The van der Waals surface area contributed by atoms with E-state index < -0.39 is 31.9 Å². The third kappa shape index (κ3) is 4.58. The standard InChI is InChI=1S/C28H42O6Si/c1-20-25-23(24(29)15-16-27(25,30-5)28(20)32-17-18-33-28)14-13-22(34-35(6,7)26(2,3)4)19-31-21-11-9-8-10-12-21/h8-12,20,22-25,29H,15-19H2,1-7H3/t20?,22-,23+,24-,25-,27-/m0/s1. The molecule has 35 heavy (non-hydrogen) atoms. The summed E-state index contributed by atoms with van der Waals surface area (Å²) in [6, 6.07) is 9.74. The van der Waals surface area contributed by atoms with Crippen LogP contribution in [0.3, 0.4) is 0 Å². The van der Waals surface area contributed by atoms with Gasteiger partial charge in [-0.3, -0.25) is 0 Å². The highest BCUT2D eigenvalue weighted by atomic mass is 28.4. The number of aliphatic hydroxyl groups excluding tert-OH is 1. The molecule has 0 aromatic heterocycles. The lowest BCUT2D eigenvalue weighted by atomic mass is 9.47. The van der Waals surface area contributed by atoms with Crippen LogP contribution in [0.1, 0.15) is 40.5 Å². The maximum atomic E-state index is 11.0. The van der Waals surface area contributed by atoms with Gasteiger partial charge in [-0.25, -0.2) is 0 Å². The van der Waals surface area contributed by atoms with Crippen molar-refractivity contribution in [3.8, 4) is 17.6 Å². The van der Waals surface area contributed by atoms with Gasteiger partial charge in [0.2, 0.25) is 5.79 Å². The van der Waals surface area contributed by atoms with Crippen molar-refractivity contribution in [2.24, 2.45) is 17.8 Å². The first kappa shape index (κ1) is 26.7. The number of hydrogen-bond donors (Lipinski definition) is 1. The number of aliphatic hydroxyl groups is 1. The summed E-state index contributed by atoms with van der Waals surface area (Å²) in [6.07, 6.45) is 0.365. The second-order valence-corrected chi connectivity index (χ2v) is 16.4. The molecular formula is C28H42O6Si. The van der Waals surface area contributed by atoms with Crippen molar-refractivity contribution in [3.05, 3.63) is 30.3 Å². The third-order valence-corrected chi connectivity index (χ3v) is 13.2. The van der Waals surface area contributed by atoms with Crippen molar-refractivity contribution in [2.75, 3.05) is 26.9 Å². The maximum absolute atomic E-state index is 11.0. The van der Waals surface area contributed by atoms with Crippen molar-refractivity contribution >= 4 is 8.32 Å². The number of ether oxygens (including phenoxy) is 4. The van der Waals surface area contributed by atoms with E-state index in [1.54, 1.807) is 7.11 Å². The molecular weight excluding hydrogens is 460 g/mol. The highest BCUT2D eigenvalue weighted by molar-refractivity contribution is 6.74. The molecule has 6 atom stereocenters. The van der Waals surface area contributed by atoms with Crippen LogP contribution in [-0.2, 0) is 18.6 Å². The molecule has 1 aromatic carbocycles. The molecule has 4 rings (SSSR count). The highest BCUT2D eigenvalue weighted by Crippen LogP contribution is 2.65. The minimum Gasteiger partial charge on any atom is -0.490 e.